The number of hydrogen-bond acceptors (Lipinski definition) is 4. The van der Waals surface area contributed by atoms with Gasteiger partial charge in [-0.05, 0) is 36.4 Å². The fourth-order valence-electron chi connectivity index (χ4n) is 2.16. The molecule has 152 valence electrons. The third-order valence-electron chi connectivity index (χ3n) is 3.23. The molecule has 2 rings (SSSR count). The van der Waals surface area contributed by atoms with Crippen molar-refractivity contribution in [1.82, 2.24) is 0 Å². The summed E-state index contributed by atoms with van der Waals surface area (Å²) in [6.45, 7) is 0. The summed E-state index contributed by atoms with van der Waals surface area (Å²) in [5.74, 6) is -0.975. The third kappa shape index (κ3) is 5.93. The summed E-state index contributed by atoms with van der Waals surface area (Å²) in [7, 11) is -3.89. The molecule has 0 aliphatic rings. The van der Waals surface area contributed by atoms with Crippen molar-refractivity contribution in [2.24, 2.45) is 54.4 Å². The summed E-state index contributed by atoms with van der Waals surface area (Å²) in [6.07, 6.45) is 0. The largest absolute Gasteiger partial charge is 0.370 e. The maximum atomic E-state index is 13.0. The molecule has 0 aliphatic heterocycles. The van der Waals surface area contributed by atoms with Gasteiger partial charge in [-0.15, -0.1) is 0 Å². The number of nitrogens with two attached hydrogens (primary N) is 6. The Bertz CT molecular complexity index is 1040. The maximum Gasteiger partial charge on any atom is 0.223 e. The van der Waals surface area contributed by atoms with Gasteiger partial charge in [0.05, 0.1) is 21.2 Å². The molecule has 0 aliphatic carbocycles. The van der Waals surface area contributed by atoms with Crippen LogP contribution in [0.4, 0.5) is 11.4 Å². The Hall–Kier alpha value is -4.13. The number of hydrogen-bond donors (Lipinski definition) is 6. The molecule has 0 fully saturated rings. The molecule has 0 atom stereocenters. The van der Waals surface area contributed by atoms with Gasteiger partial charge >= 0.3 is 0 Å². The molecule has 0 heterocycles. The highest BCUT2D eigenvalue weighted by atomic mass is 32.2. The minimum absolute atomic E-state index is 0.0189. The van der Waals surface area contributed by atoms with Gasteiger partial charge in [-0.2, -0.15) is 9.98 Å². The molecule has 0 bridgehead atoms. The zero-order valence-electron chi connectivity index (χ0n) is 15.1. The Labute approximate surface area is 166 Å². The van der Waals surface area contributed by atoms with E-state index in [1.54, 1.807) is 12.1 Å². The van der Waals surface area contributed by atoms with Gasteiger partial charge in [-0.25, -0.2) is 18.4 Å². The van der Waals surface area contributed by atoms with E-state index >= 15 is 0 Å². The highest BCUT2D eigenvalue weighted by Gasteiger charge is 2.18. The van der Waals surface area contributed by atoms with E-state index in [4.69, 9.17) is 34.4 Å². The van der Waals surface area contributed by atoms with Crippen molar-refractivity contribution in [1.29, 1.82) is 0 Å². The molecular formula is C16H20N10O2S. The van der Waals surface area contributed by atoms with Crippen molar-refractivity contribution in [2.45, 2.75) is 9.79 Å². The van der Waals surface area contributed by atoms with Crippen LogP contribution >= 0.6 is 0 Å². The predicted molar refractivity (Wildman–Crippen MR) is 113 cm³/mol. The van der Waals surface area contributed by atoms with Crippen LogP contribution in [0.3, 0.4) is 0 Å². The number of benzene rings is 2. The Balaban J connectivity index is 2.44. The minimum Gasteiger partial charge on any atom is -0.370 e. The van der Waals surface area contributed by atoms with E-state index in [9.17, 15) is 8.42 Å². The number of aliphatic imine (C=N–C) groups is 4. The standard InChI is InChI=1S/C16H20N10O2S/c17-13(18)25-15(21)23-9-3-1-5-11(7-9)29(27,28)12-6-2-4-10(8-12)24-16(22)26-14(19)20/h1-8H,(H6,17,18,21,23,25)(H6,19,20,22,24,26). The second kappa shape index (κ2) is 8.71. The summed E-state index contributed by atoms with van der Waals surface area (Å²) in [5, 5.41) is 0. The van der Waals surface area contributed by atoms with Crippen molar-refractivity contribution in [2.75, 3.05) is 0 Å². The molecule has 2 aromatic rings. The van der Waals surface area contributed by atoms with Gasteiger partial charge in [-0.3, -0.25) is 0 Å². The number of sulfone groups is 1. The number of nitrogens with zero attached hydrogens (tertiary/aromatic N) is 4. The van der Waals surface area contributed by atoms with Crippen LogP contribution in [0.2, 0.25) is 0 Å². The first-order chi connectivity index (χ1) is 13.6. The highest BCUT2D eigenvalue weighted by molar-refractivity contribution is 7.91. The van der Waals surface area contributed by atoms with E-state index in [0.29, 0.717) is 0 Å². The summed E-state index contributed by atoms with van der Waals surface area (Å²) < 4.78 is 25.9. The van der Waals surface area contributed by atoms with Crippen LogP contribution in [0.1, 0.15) is 0 Å². The van der Waals surface area contributed by atoms with Gasteiger partial charge in [0.2, 0.25) is 21.8 Å². The Kier molecular flexibility index (Phi) is 6.36. The topological polar surface area (TPSA) is 240 Å². The average molecular weight is 416 g/mol. The summed E-state index contributed by atoms with van der Waals surface area (Å²) in [5.41, 5.74) is 32.6. The van der Waals surface area contributed by atoms with Gasteiger partial charge in [0.15, 0.2) is 11.9 Å². The molecule has 0 unspecified atom stereocenters. The van der Waals surface area contributed by atoms with Crippen LogP contribution in [0.25, 0.3) is 0 Å². The molecular weight excluding hydrogens is 396 g/mol. The summed E-state index contributed by atoms with van der Waals surface area (Å²) in [6, 6.07) is 11.6. The first kappa shape index (κ1) is 21.2. The second-order valence-electron chi connectivity index (χ2n) is 5.51. The van der Waals surface area contributed by atoms with Gasteiger partial charge < -0.3 is 34.4 Å². The molecule has 0 radical (unpaired) electrons. The van der Waals surface area contributed by atoms with Crippen LogP contribution < -0.4 is 34.4 Å². The second-order valence-corrected chi connectivity index (χ2v) is 7.46. The van der Waals surface area contributed by atoms with Gasteiger partial charge in [-0.1, -0.05) is 12.1 Å². The van der Waals surface area contributed by atoms with Crippen molar-refractivity contribution in [3.05, 3.63) is 48.5 Å². The lowest BCUT2D eigenvalue weighted by atomic mass is 10.3. The van der Waals surface area contributed by atoms with Crippen LogP contribution in [0.5, 0.6) is 0 Å². The normalized spacial score (nSPS) is 12.3. The fourth-order valence-corrected chi connectivity index (χ4v) is 3.49. The zero-order chi connectivity index (χ0) is 21.6. The fraction of sp³-hybridized carbons (Fsp3) is 0. The monoisotopic (exact) mass is 416 g/mol. The summed E-state index contributed by atoms with van der Waals surface area (Å²) in [4.78, 5) is 15.0. The van der Waals surface area contributed by atoms with Gasteiger partial charge in [0.25, 0.3) is 0 Å². The lowest BCUT2D eigenvalue weighted by Crippen LogP contribution is -2.26. The van der Waals surface area contributed by atoms with Gasteiger partial charge in [0, 0.05) is 0 Å². The SMILES string of the molecule is NC(N)=NC(N)=Nc1cccc(S(=O)(=O)c2cccc(N=C(N)N=C(N)N)c2)c1. The van der Waals surface area contributed by atoms with Crippen molar-refractivity contribution >= 4 is 45.1 Å². The van der Waals surface area contributed by atoms with Crippen molar-refractivity contribution in [3.63, 3.8) is 0 Å². The number of guanidine groups is 4. The van der Waals surface area contributed by atoms with Crippen molar-refractivity contribution < 1.29 is 8.42 Å². The molecule has 12 nitrogen and oxygen atoms in total. The van der Waals surface area contributed by atoms with E-state index < -0.39 is 9.84 Å². The van der Waals surface area contributed by atoms with Crippen molar-refractivity contribution in [3.8, 4) is 0 Å². The van der Waals surface area contributed by atoms with Crippen LogP contribution in [0.15, 0.2) is 78.3 Å². The molecule has 0 saturated heterocycles. The Morgan fingerprint density at radius 3 is 1.38 bits per heavy atom. The zero-order valence-corrected chi connectivity index (χ0v) is 15.9. The Morgan fingerprint density at radius 1 is 0.655 bits per heavy atom. The van der Waals surface area contributed by atoms with E-state index in [0.717, 1.165) is 0 Å². The first-order valence-electron chi connectivity index (χ1n) is 7.91. The third-order valence-corrected chi connectivity index (χ3v) is 4.98. The highest BCUT2D eigenvalue weighted by Crippen LogP contribution is 2.27. The van der Waals surface area contributed by atoms with E-state index in [-0.39, 0.29) is 45.0 Å². The van der Waals surface area contributed by atoms with Crippen LogP contribution in [0, 0.1) is 0 Å². The molecule has 2 aromatic carbocycles. The molecule has 0 spiro atoms. The molecule has 0 amide bonds. The smallest absolute Gasteiger partial charge is 0.223 e. The van der Waals surface area contributed by atoms with E-state index in [1.165, 1.54) is 36.4 Å². The lowest BCUT2D eigenvalue weighted by Gasteiger charge is -2.06. The number of rotatable bonds is 4. The summed E-state index contributed by atoms with van der Waals surface area (Å²) >= 11 is 0. The average Bonchev–Trinajstić information content (AvgIpc) is 2.60. The van der Waals surface area contributed by atoms with E-state index in [2.05, 4.69) is 20.0 Å². The molecule has 29 heavy (non-hydrogen) atoms. The first-order valence-corrected chi connectivity index (χ1v) is 9.39. The van der Waals surface area contributed by atoms with E-state index in [1.807, 2.05) is 0 Å². The molecule has 0 aromatic heterocycles. The quantitative estimate of drug-likeness (QED) is 0.265. The predicted octanol–water partition coefficient (Wildman–Crippen LogP) is -1.04. The Morgan fingerprint density at radius 2 is 1.03 bits per heavy atom. The van der Waals surface area contributed by atoms with Crippen LogP contribution in [-0.2, 0) is 9.84 Å². The van der Waals surface area contributed by atoms with Gasteiger partial charge in [0.1, 0.15) is 0 Å². The van der Waals surface area contributed by atoms with Crippen LogP contribution in [-0.4, -0.2) is 32.3 Å². The lowest BCUT2D eigenvalue weighted by molar-refractivity contribution is 0.596. The minimum atomic E-state index is -3.89. The molecule has 12 N–H and O–H groups in total. The molecule has 0 saturated carbocycles. The maximum absolute atomic E-state index is 13.0. The molecule has 13 heteroatoms.